The molecule has 0 atom stereocenters. The van der Waals surface area contributed by atoms with Crippen LogP contribution in [0.1, 0.15) is 26.7 Å². The smallest absolute Gasteiger partial charge is 0.237 e. The lowest BCUT2D eigenvalue weighted by Crippen LogP contribution is -2.23. The van der Waals surface area contributed by atoms with Crippen molar-refractivity contribution in [3.05, 3.63) is 0 Å². The second-order valence-corrected chi connectivity index (χ2v) is 8.10. The normalized spacial score (nSPS) is 11.5. The maximum atomic E-state index is 5.75. The molecule has 0 aromatic rings. The van der Waals surface area contributed by atoms with Gasteiger partial charge in [-0.3, -0.25) is 0 Å². The Bertz CT molecular complexity index is 97.1. The molecule has 0 N–H and O–H groups in total. The summed E-state index contributed by atoms with van der Waals surface area (Å²) in [4.78, 5) is 2.43. The second kappa shape index (κ2) is 8.36. The van der Waals surface area contributed by atoms with Crippen molar-refractivity contribution in [1.29, 1.82) is 0 Å². The van der Waals surface area contributed by atoms with Gasteiger partial charge in [0.15, 0.2) is 0 Å². The van der Waals surface area contributed by atoms with Gasteiger partial charge >= 0.3 is 0 Å². The highest BCUT2D eigenvalue weighted by Gasteiger charge is 2.02. The molecule has 0 aromatic carbocycles. The standard InChI is InChI=1S/C8H19Cl2NSi/c1-3-11(4-2)7-5-6-8-12(9)10/h12H,3-8H2,1-2H3. The third-order valence-corrected chi connectivity index (χ3v) is 4.20. The zero-order chi connectivity index (χ0) is 9.40. The minimum absolute atomic E-state index is 1.06. The molecule has 0 aromatic heterocycles. The summed E-state index contributed by atoms with van der Waals surface area (Å²) < 4.78 is 0. The van der Waals surface area contributed by atoms with Crippen molar-refractivity contribution < 1.29 is 0 Å². The van der Waals surface area contributed by atoms with E-state index in [1.807, 2.05) is 0 Å². The van der Waals surface area contributed by atoms with Gasteiger partial charge in [0.2, 0.25) is 7.42 Å². The van der Waals surface area contributed by atoms with Gasteiger partial charge in [-0.25, -0.2) is 0 Å². The first kappa shape index (κ1) is 12.8. The molecule has 0 aliphatic rings. The van der Waals surface area contributed by atoms with Gasteiger partial charge in [-0.15, -0.1) is 0 Å². The molecule has 0 fully saturated rings. The molecule has 0 saturated carbocycles. The quantitative estimate of drug-likeness (QED) is 0.368. The van der Waals surface area contributed by atoms with E-state index in [4.69, 9.17) is 22.2 Å². The van der Waals surface area contributed by atoms with Crippen LogP contribution in [-0.2, 0) is 0 Å². The van der Waals surface area contributed by atoms with E-state index in [0.717, 1.165) is 19.1 Å². The summed E-state index contributed by atoms with van der Waals surface area (Å²) >= 11 is 11.5. The van der Waals surface area contributed by atoms with E-state index in [9.17, 15) is 0 Å². The van der Waals surface area contributed by atoms with E-state index in [1.54, 1.807) is 0 Å². The van der Waals surface area contributed by atoms with Crippen LogP contribution in [0.2, 0.25) is 6.04 Å². The topological polar surface area (TPSA) is 3.24 Å². The van der Waals surface area contributed by atoms with Gasteiger partial charge in [0.05, 0.1) is 0 Å². The van der Waals surface area contributed by atoms with Crippen molar-refractivity contribution in [1.82, 2.24) is 4.90 Å². The summed E-state index contributed by atoms with van der Waals surface area (Å²) in [6.07, 6.45) is 2.44. The molecule has 74 valence electrons. The summed E-state index contributed by atoms with van der Waals surface area (Å²) in [5.74, 6) is 0. The van der Waals surface area contributed by atoms with Crippen molar-refractivity contribution in [2.75, 3.05) is 19.6 Å². The van der Waals surface area contributed by atoms with Crippen molar-refractivity contribution in [2.24, 2.45) is 0 Å². The van der Waals surface area contributed by atoms with Gasteiger partial charge in [-0.1, -0.05) is 20.3 Å². The van der Waals surface area contributed by atoms with Crippen LogP contribution in [0.5, 0.6) is 0 Å². The van der Waals surface area contributed by atoms with Crippen molar-refractivity contribution in [3.8, 4) is 0 Å². The zero-order valence-electron chi connectivity index (χ0n) is 8.02. The molecule has 0 aliphatic carbocycles. The lowest BCUT2D eigenvalue weighted by molar-refractivity contribution is 0.299. The molecule has 12 heavy (non-hydrogen) atoms. The first-order chi connectivity index (χ1) is 5.70. The van der Waals surface area contributed by atoms with E-state index in [2.05, 4.69) is 18.7 Å². The Morgan fingerprint density at radius 2 is 1.67 bits per heavy atom. The fourth-order valence-corrected chi connectivity index (χ4v) is 2.70. The Balaban J connectivity index is 3.17. The first-order valence-electron chi connectivity index (χ1n) is 4.71. The van der Waals surface area contributed by atoms with Gasteiger partial charge in [-0.05, 0) is 32.1 Å². The lowest BCUT2D eigenvalue weighted by Gasteiger charge is -2.17. The monoisotopic (exact) mass is 227 g/mol. The van der Waals surface area contributed by atoms with Crippen molar-refractivity contribution in [3.63, 3.8) is 0 Å². The zero-order valence-corrected chi connectivity index (χ0v) is 10.7. The second-order valence-electron chi connectivity index (χ2n) is 2.91. The summed E-state index contributed by atoms with van der Waals surface area (Å²) in [7, 11) is -1.33. The average molecular weight is 228 g/mol. The van der Waals surface area contributed by atoms with Crippen LogP contribution >= 0.6 is 22.2 Å². The number of hydrogen-bond acceptors (Lipinski definition) is 1. The minimum Gasteiger partial charge on any atom is -0.304 e. The lowest BCUT2D eigenvalue weighted by atomic mass is 10.3. The van der Waals surface area contributed by atoms with Crippen LogP contribution in [0.4, 0.5) is 0 Å². The van der Waals surface area contributed by atoms with Crippen LogP contribution in [0.25, 0.3) is 0 Å². The summed E-state index contributed by atoms with van der Waals surface area (Å²) in [5, 5.41) is 0. The Morgan fingerprint density at radius 3 is 2.08 bits per heavy atom. The molecule has 0 heterocycles. The van der Waals surface area contributed by atoms with E-state index in [0.29, 0.717) is 0 Å². The van der Waals surface area contributed by atoms with Crippen LogP contribution in [0, 0.1) is 0 Å². The summed E-state index contributed by atoms with van der Waals surface area (Å²) in [6, 6.07) is 1.06. The number of unbranched alkanes of at least 4 members (excludes halogenated alkanes) is 1. The van der Waals surface area contributed by atoms with E-state index >= 15 is 0 Å². The molecule has 0 rings (SSSR count). The Morgan fingerprint density at radius 1 is 1.08 bits per heavy atom. The third kappa shape index (κ3) is 7.41. The Labute approximate surface area is 87.0 Å². The fourth-order valence-electron chi connectivity index (χ4n) is 1.17. The van der Waals surface area contributed by atoms with Crippen LogP contribution in [-0.4, -0.2) is 32.0 Å². The maximum Gasteiger partial charge on any atom is 0.237 e. The summed E-state index contributed by atoms with van der Waals surface area (Å²) in [6.45, 7) is 7.90. The molecule has 0 unspecified atom stereocenters. The van der Waals surface area contributed by atoms with E-state index in [-0.39, 0.29) is 0 Å². The number of nitrogens with zero attached hydrogens (tertiary/aromatic N) is 1. The number of rotatable bonds is 7. The molecule has 0 radical (unpaired) electrons. The summed E-state index contributed by atoms with van der Waals surface area (Å²) in [5.41, 5.74) is 0. The fraction of sp³-hybridized carbons (Fsp3) is 1.00. The van der Waals surface area contributed by atoms with Gasteiger partial charge in [-0.2, -0.15) is 22.2 Å². The first-order valence-corrected chi connectivity index (χ1v) is 9.02. The van der Waals surface area contributed by atoms with Crippen LogP contribution in [0.3, 0.4) is 0 Å². The largest absolute Gasteiger partial charge is 0.304 e. The van der Waals surface area contributed by atoms with E-state index < -0.39 is 7.42 Å². The molecule has 0 amide bonds. The van der Waals surface area contributed by atoms with Crippen molar-refractivity contribution in [2.45, 2.75) is 32.7 Å². The minimum atomic E-state index is -1.33. The SMILES string of the molecule is CCN(CC)CCCC[SiH](Cl)Cl. The molecule has 1 nitrogen and oxygen atoms in total. The van der Waals surface area contributed by atoms with E-state index in [1.165, 1.54) is 19.4 Å². The highest BCUT2D eigenvalue weighted by molar-refractivity contribution is 7.33. The molecular weight excluding hydrogens is 209 g/mol. The highest BCUT2D eigenvalue weighted by atomic mass is 35.7. The number of hydrogen-bond donors (Lipinski definition) is 0. The maximum absolute atomic E-state index is 5.75. The molecule has 0 aliphatic heterocycles. The molecule has 0 spiro atoms. The average Bonchev–Trinajstić information content (AvgIpc) is 2.04. The third-order valence-electron chi connectivity index (χ3n) is 2.04. The number of halogens is 2. The van der Waals surface area contributed by atoms with Gasteiger partial charge in [0, 0.05) is 0 Å². The van der Waals surface area contributed by atoms with Gasteiger partial charge in [0.1, 0.15) is 0 Å². The molecule has 0 saturated heterocycles. The van der Waals surface area contributed by atoms with Gasteiger partial charge < -0.3 is 4.90 Å². The van der Waals surface area contributed by atoms with Crippen LogP contribution < -0.4 is 0 Å². The molecule has 4 heteroatoms. The molecule has 0 bridgehead atoms. The predicted molar refractivity (Wildman–Crippen MR) is 60.7 cm³/mol. The van der Waals surface area contributed by atoms with Gasteiger partial charge in [0.25, 0.3) is 0 Å². The van der Waals surface area contributed by atoms with Crippen molar-refractivity contribution >= 4 is 29.6 Å². The Hall–Kier alpha value is 0.757. The van der Waals surface area contributed by atoms with Crippen LogP contribution in [0.15, 0.2) is 0 Å². The highest BCUT2D eigenvalue weighted by Crippen LogP contribution is 2.08. The predicted octanol–water partition coefficient (Wildman–Crippen LogP) is 2.81. The molecular formula is C8H19Cl2NSi. The Kier molecular flexibility index (Phi) is 8.89.